The van der Waals surface area contributed by atoms with Gasteiger partial charge >= 0.3 is 0 Å². The van der Waals surface area contributed by atoms with Gasteiger partial charge in [-0.25, -0.2) is 0 Å². The summed E-state index contributed by atoms with van der Waals surface area (Å²) in [6, 6.07) is 12.3. The normalized spacial score (nSPS) is 14.1. The van der Waals surface area contributed by atoms with Crippen molar-refractivity contribution in [2.45, 2.75) is 32.7 Å². The molecule has 0 saturated carbocycles. The molecule has 4 rings (SSSR count). The molecule has 2 aromatic carbocycles. The van der Waals surface area contributed by atoms with Gasteiger partial charge in [-0.1, -0.05) is 38.1 Å². The number of carbonyl (C=O) groups is 2. The van der Waals surface area contributed by atoms with E-state index in [2.05, 4.69) is 34.6 Å². The van der Waals surface area contributed by atoms with Crippen LogP contribution >= 0.6 is 0 Å². The quantitative estimate of drug-likeness (QED) is 0.671. The number of carbonyl (C=O) groups excluding carboxylic acids is 2. The standard InChI is InChI=1S/C21H21N5O3/c1-12(2)14-4-6-15(7-5-14)21-23-25-26(24-21)13(3)20(28)16-8-9-18-17(10-16)22-19(27)11-29-18/h4-10,12-13H,11H2,1-3H3,(H,22,27)/t13-/m0/s1. The number of hydrogen-bond donors (Lipinski definition) is 1. The number of hydrogen-bond acceptors (Lipinski definition) is 6. The summed E-state index contributed by atoms with van der Waals surface area (Å²) in [5.74, 6) is 1.01. The highest BCUT2D eigenvalue weighted by Gasteiger charge is 2.23. The lowest BCUT2D eigenvalue weighted by atomic mass is 10.0. The monoisotopic (exact) mass is 391 g/mol. The van der Waals surface area contributed by atoms with Crippen LogP contribution in [0.4, 0.5) is 5.69 Å². The van der Waals surface area contributed by atoms with Crippen LogP contribution in [0, 0.1) is 0 Å². The van der Waals surface area contributed by atoms with E-state index in [1.54, 1.807) is 25.1 Å². The Morgan fingerprint density at radius 1 is 1.14 bits per heavy atom. The summed E-state index contributed by atoms with van der Waals surface area (Å²) in [6.07, 6.45) is 0. The first-order chi connectivity index (χ1) is 13.9. The largest absolute Gasteiger partial charge is 0.482 e. The van der Waals surface area contributed by atoms with Crippen molar-refractivity contribution in [1.29, 1.82) is 0 Å². The molecule has 1 aromatic heterocycles. The van der Waals surface area contributed by atoms with E-state index in [9.17, 15) is 9.59 Å². The number of nitrogens with zero attached hydrogens (tertiary/aromatic N) is 4. The van der Waals surface area contributed by atoms with Gasteiger partial charge in [0, 0.05) is 11.1 Å². The highest BCUT2D eigenvalue weighted by atomic mass is 16.5. The summed E-state index contributed by atoms with van der Waals surface area (Å²) in [4.78, 5) is 25.7. The molecule has 2 heterocycles. The van der Waals surface area contributed by atoms with Gasteiger partial charge in [-0.05, 0) is 41.8 Å². The molecule has 3 aromatic rings. The molecule has 0 unspecified atom stereocenters. The van der Waals surface area contributed by atoms with Crippen LogP contribution in [-0.4, -0.2) is 38.5 Å². The van der Waals surface area contributed by atoms with Crippen molar-refractivity contribution in [3.8, 4) is 17.1 Å². The number of fused-ring (bicyclic) bond motifs is 1. The summed E-state index contributed by atoms with van der Waals surface area (Å²) < 4.78 is 5.33. The maximum absolute atomic E-state index is 12.9. The fourth-order valence-corrected chi connectivity index (χ4v) is 3.10. The minimum absolute atomic E-state index is 0.0273. The van der Waals surface area contributed by atoms with Crippen molar-refractivity contribution in [3.63, 3.8) is 0 Å². The summed E-state index contributed by atoms with van der Waals surface area (Å²) in [7, 11) is 0. The van der Waals surface area contributed by atoms with Crippen LogP contribution in [0.3, 0.4) is 0 Å². The highest BCUT2D eigenvalue weighted by molar-refractivity contribution is 6.02. The Morgan fingerprint density at radius 2 is 1.90 bits per heavy atom. The summed E-state index contributed by atoms with van der Waals surface area (Å²) in [6.45, 7) is 5.95. The van der Waals surface area contributed by atoms with Gasteiger partial charge in [0.15, 0.2) is 12.4 Å². The number of Topliss-reactive ketones (excluding diaryl/α,β-unsaturated/α-hetero) is 1. The van der Waals surface area contributed by atoms with Crippen LogP contribution in [0.5, 0.6) is 5.75 Å². The number of rotatable bonds is 5. The van der Waals surface area contributed by atoms with Gasteiger partial charge in [0.2, 0.25) is 5.82 Å². The average molecular weight is 391 g/mol. The summed E-state index contributed by atoms with van der Waals surface area (Å²) in [5, 5.41) is 15.2. The molecule has 148 valence electrons. The zero-order valence-corrected chi connectivity index (χ0v) is 16.4. The molecule has 0 radical (unpaired) electrons. The molecule has 1 aliphatic rings. The van der Waals surface area contributed by atoms with Crippen LogP contribution < -0.4 is 10.1 Å². The zero-order chi connectivity index (χ0) is 20.5. The van der Waals surface area contributed by atoms with Gasteiger partial charge < -0.3 is 10.1 Å². The van der Waals surface area contributed by atoms with E-state index >= 15 is 0 Å². The lowest BCUT2D eigenvalue weighted by Crippen LogP contribution is -2.26. The maximum atomic E-state index is 12.9. The third kappa shape index (κ3) is 3.73. The number of tetrazole rings is 1. The van der Waals surface area contributed by atoms with E-state index in [0.717, 1.165) is 5.56 Å². The predicted octanol–water partition coefficient (Wildman–Crippen LogP) is 3.24. The minimum Gasteiger partial charge on any atom is -0.482 e. The van der Waals surface area contributed by atoms with Crippen molar-refractivity contribution < 1.29 is 14.3 Å². The number of nitrogens with one attached hydrogen (secondary N) is 1. The van der Waals surface area contributed by atoms with Crippen molar-refractivity contribution in [2.24, 2.45) is 0 Å². The minimum atomic E-state index is -0.649. The molecule has 0 fully saturated rings. The smallest absolute Gasteiger partial charge is 0.262 e. The Bertz CT molecular complexity index is 1070. The van der Waals surface area contributed by atoms with E-state index in [0.29, 0.717) is 28.7 Å². The first-order valence-electron chi connectivity index (χ1n) is 9.43. The second-order valence-electron chi connectivity index (χ2n) is 7.30. The molecule has 8 nitrogen and oxygen atoms in total. The third-order valence-electron chi connectivity index (χ3n) is 4.89. The Kier molecular flexibility index (Phi) is 4.84. The summed E-state index contributed by atoms with van der Waals surface area (Å²) >= 11 is 0. The molecule has 1 amide bonds. The molecule has 1 aliphatic heterocycles. The first kappa shape index (κ1) is 18.8. The molecular formula is C21H21N5O3. The van der Waals surface area contributed by atoms with E-state index in [-0.39, 0.29) is 18.3 Å². The van der Waals surface area contributed by atoms with E-state index < -0.39 is 6.04 Å². The Labute approximate surface area is 167 Å². The second kappa shape index (κ2) is 7.46. The molecular weight excluding hydrogens is 370 g/mol. The average Bonchev–Trinajstić information content (AvgIpc) is 3.22. The van der Waals surface area contributed by atoms with Crippen molar-refractivity contribution in [2.75, 3.05) is 11.9 Å². The molecule has 8 heteroatoms. The number of aromatic nitrogens is 4. The van der Waals surface area contributed by atoms with Gasteiger partial charge in [0.1, 0.15) is 11.8 Å². The van der Waals surface area contributed by atoms with E-state index in [1.165, 1.54) is 10.4 Å². The Balaban J connectivity index is 1.54. The van der Waals surface area contributed by atoms with Crippen LogP contribution in [0.25, 0.3) is 11.4 Å². The van der Waals surface area contributed by atoms with Crippen LogP contribution in [0.2, 0.25) is 0 Å². The number of benzene rings is 2. The zero-order valence-electron chi connectivity index (χ0n) is 16.4. The van der Waals surface area contributed by atoms with Gasteiger partial charge in [0.05, 0.1) is 5.69 Å². The van der Waals surface area contributed by atoms with Gasteiger partial charge in [-0.2, -0.15) is 4.80 Å². The number of ketones is 1. The van der Waals surface area contributed by atoms with Gasteiger partial charge in [0.25, 0.3) is 5.91 Å². The molecule has 29 heavy (non-hydrogen) atoms. The Morgan fingerprint density at radius 3 is 2.62 bits per heavy atom. The maximum Gasteiger partial charge on any atom is 0.262 e. The fraction of sp³-hybridized carbons (Fsp3) is 0.286. The lowest BCUT2D eigenvalue weighted by Gasteiger charge is -2.18. The lowest BCUT2D eigenvalue weighted by molar-refractivity contribution is -0.118. The van der Waals surface area contributed by atoms with Crippen LogP contribution in [-0.2, 0) is 4.79 Å². The first-order valence-corrected chi connectivity index (χ1v) is 9.43. The van der Waals surface area contributed by atoms with Gasteiger partial charge in [-0.3, -0.25) is 9.59 Å². The van der Waals surface area contributed by atoms with Crippen LogP contribution in [0.15, 0.2) is 42.5 Å². The summed E-state index contributed by atoms with van der Waals surface area (Å²) in [5.41, 5.74) is 2.99. The van der Waals surface area contributed by atoms with Crippen molar-refractivity contribution in [3.05, 3.63) is 53.6 Å². The fourth-order valence-electron chi connectivity index (χ4n) is 3.10. The number of ether oxygens (including phenoxy) is 1. The molecule has 0 aliphatic carbocycles. The van der Waals surface area contributed by atoms with E-state index in [1.807, 2.05) is 24.3 Å². The van der Waals surface area contributed by atoms with Crippen molar-refractivity contribution in [1.82, 2.24) is 20.2 Å². The SMILES string of the molecule is CC(C)c1ccc(-c2nnn([C@@H](C)C(=O)c3ccc4c(c3)NC(=O)CO4)n2)cc1. The molecule has 1 N–H and O–H groups in total. The van der Waals surface area contributed by atoms with Gasteiger partial charge in [-0.15, -0.1) is 10.2 Å². The predicted molar refractivity (Wildman–Crippen MR) is 107 cm³/mol. The van der Waals surface area contributed by atoms with Crippen LogP contribution in [0.1, 0.15) is 48.7 Å². The van der Waals surface area contributed by atoms with Crippen molar-refractivity contribution >= 4 is 17.4 Å². The molecule has 1 atom stereocenters. The molecule has 0 spiro atoms. The second-order valence-corrected chi connectivity index (χ2v) is 7.30. The Hall–Kier alpha value is -3.55. The number of amides is 1. The number of anilines is 1. The van der Waals surface area contributed by atoms with E-state index in [4.69, 9.17) is 4.74 Å². The highest BCUT2D eigenvalue weighted by Crippen LogP contribution is 2.29. The topological polar surface area (TPSA) is 99.0 Å². The molecule has 0 bridgehead atoms. The third-order valence-corrected chi connectivity index (χ3v) is 4.89. The molecule has 0 saturated heterocycles.